The Kier molecular flexibility index (Phi) is 3.29. The minimum Gasteiger partial charge on any atom is -0.539 e. The summed E-state index contributed by atoms with van der Waals surface area (Å²) >= 11 is 0. The van der Waals surface area contributed by atoms with E-state index >= 15 is 0 Å². The molecule has 0 unspecified atom stereocenters. The van der Waals surface area contributed by atoms with Crippen LogP contribution in [0.1, 0.15) is 0 Å². The van der Waals surface area contributed by atoms with Gasteiger partial charge in [0, 0.05) is 17.8 Å². The molecule has 2 aromatic rings. The molecule has 0 aliphatic carbocycles. The van der Waals surface area contributed by atoms with Crippen LogP contribution in [-0.2, 0) is 19.3 Å². The van der Waals surface area contributed by atoms with E-state index in [0.717, 1.165) is 0 Å². The van der Waals surface area contributed by atoms with Crippen molar-refractivity contribution < 1.29 is 24.0 Å². The predicted octanol–water partition coefficient (Wildman–Crippen LogP) is 2.73. The highest BCUT2D eigenvalue weighted by molar-refractivity contribution is 6.04. The van der Waals surface area contributed by atoms with Crippen molar-refractivity contribution in [3.63, 3.8) is 0 Å². The Morgan fingerprint density at radius 2 is 1.58 bits per heavy atom. The second kappa shape index (κ2) is 5.60. The van der Waals surface area contributed by atoms with Crippen LogP contribution in [0.15, 0.2) is 77.3 Å². The van der Waals surface area contributed by atoms with Crippen molar-refractivity contribution in [2.75, 3.05) is 5.01 Å². The number of nitrogens with zero attached hydrogens (tertiary/aromatic N) is 4. The van der Waals surface area contributed by atoms with E-state index in [1.165, 1.54) is 9.71 Å². The fourth-order valence-corrected chi connectivity index (χ4v) is 2.38. The fraction of sp³-hybridized carbons (Fsp3) is 0. The Labute approximate surface area is 136 Å². The maximum Gasteiger partial charge on any atom is 0.440 e. The molecule has 4 rings (SSSR count). The van der Waals surface area contributed by atoms with Crippen LogP contribution in [0, 0.1) is 0 Å². The number of anilines is 1. The monoisotopic (exact) mass is 322 g/mol. The number of hydrogen-bond acceptors (Lipinski definition) is 6. The highest BCUT2D eigenvalue weighted by Gasteiger charge is 2.44. The Hall–Kier alpha value is -3.52. The standard InChI is InChI=1S/C16H10N4O4/c21-15-13(19(17-23-15)11-7-3-1-4-8-11)14-16(22)24-18-20(14)12-9-5-2-6-10-12/h1-10H. The predicted molar refractivity (Wildman–Crippen MR) is 80.3 cm³/mol. The third kappa shape index (κ3) is 2.22. The fourth-order valence-electron chi connectivity index (χ4n) is 2.38. The molecule has 2 heterocycles. The molecule has 0 saturated carbocycles. The molecule has 2 aliphatic rings. The molecule has 2 aliphatic heterocycles. The first-order valence-electron chi connectivity index (χ1n) is 7.05. The van der Waals surface area contributed by atoms with Gasteiger partial charge in [0.25, 0.3) is 0 Å². The number of para-hydroxylation sites is 2. The van der Waals surface area contributed by atoms with E-state index in [-0.39, 0.29) is 11.4 Å². The number of hydrogen-bond donors (Lipinski definition) is 0. The number of rotatable bonds is 2. The van der Waals surface area contributed by atoms with Gasteiger partial charge in [-0.2, -0.15) is 0 Å². The summed E-state index contributed by atoms with van der Waals surface area (Å²) in [6.45, 7) is 0. The summed E-state index contributed by atoms with van der Waals surface area (Å²) in [5, 5.41) is 4.97. The molecule has 0 amide bonds. The zero-order chi connectivity index (χ0) is 16.5. The van der Waals surface area contributed by atoms with Gasteiger partial charge in [-0.3, -0.25) is 4.84 Å². The molecule has 24 heavy (non-hydrogen) atoms. The lowest BCUT2D eigenvalue weighted by atomic mass is 10.2. The van der Waals surface area contributed by atoms with E-state index in [0.29, 0.717) is 11.4 Å². The first kappa shape index (κ1) is 14.1. The lowest BCUT2D eigenvalue weighted by Gasteiger charge is -2.27. The van der Waals surface area contributed by atoms with Gasteiger partial charge in [0.1, 0.15) is 0 Å². The van der Waals surface area contributed by atoms with Crippen LogP contribution < -0.4 is 5.01 Å². The Morgan fingerprint density at radius 1 is 0.917 bits per heavy atom. The van der Waals surface area contributed by atoms with Crippen molar-refractivity contribution in [3.8, 4) is 0 Å². The van der Waals surface area contributed by atoms with Crippen molar-refractivity contribution in [2.45, 2.75) is 0 Å². The molecular formula is C16H10N4O4. The third-order valence-corrected chi connectivity index (χ3v) is 3.45. The molecular weight excluding hydrogens is 312 g/mol. The van der Waals surface area contributed by atoms with Crippen molar-refractivity contribution in [2.24, 2.45) is 5.28 Å². The third-order valence-electron chi connectivity index (χ3n) is 3.45. The molecule has 0 N–H and O–H groups in total. The summed E-state index contributed by atoms with van der Waals surface area (Å²) in [6, 6.07) is 17.7. The van der Waals surface area contributed by atoms with Gasteiger partial charge >= 0.3 is 17.6 Å². The lowest BCUT2D eigenvalue weighted by molar-refractivity contribution is -0.464. The van der Waals surface area contributed by atoms with Gasteiger partial charge in [0.2, 0.25) is 11.0 Å². The average Bonchev–Trinajstić information content (AvgIpc) is 3.19. The van der Waals surface area contributed by atoms with Gasteiger partial charge in [-0.15, -0.1) is 0 Å². The van der Waals surface area contributed by atoms with Gasteiger partial charge in [-0.05, 0) is 16.8 Å². The highest BCUT2D eigenvalue weighted by atomic mass is 16.7. The smallest absolute Gasteiger partial charge is 0.440 e. The molecule has 0 bridgehead atoms. The first-order valence-corrected chi connectivity index (χ1v) is 7.05. The van der Waals surface area contributed by atoms with Crippen LogP contribution in [0.4, 0.5) is 11.4 Å². The van der Waals surface area contributed by atoms with Gasteiger partial charge in [-0.25, -0.2) is 9.59 Å². The van der Waals surface area contributed by atoms with Gasteiger partial charge in [0.15, 0.2) is 5.70 Å². The average molecular weight is 322 g/mol. The zero-order valence-electron chi connectivity index (χ0n) is 12.2. The van der Waals surface area contributed by atoms with Gasteiger partial charge in [-0.1, -0.05) is 36.4 Å². The summed E-state index contributed by atoms with van der Waals surface area (Å²) in [5.74, 6) is -1.52. The highest BCUT2D eigenvalue weighted by Crippen LogP contribution is 2.35. The van der Waals surface area contributed by atoms with E-state index in [1.807, 2.05) is 12.1 Å². The van der Waals surface area contributed by atoms with Crippen LogP contribution in [0.25, 0.3) is 5.59 Å². The maximum atomic E-state index is 12.2. The van der Waals surface area contributed by atoms with E-state index in [9.17, 15) is 9.59 Å². The van der Waals surface area contributed by atoms with Crippen molar-refractivity contribution >= 4 is 23.3 Å². The molecule has 1 fully saturated rings. The van der Waals surface area contributed by atoms with Crippen molar-refractivity contribution in [1.82, 2.24) is 0 Å². The summed E-state index contributed by atoms with van der Waals surface area (Å²) in [4.78, 5) is 33.9. The maximum absolute atomic E-state index is 12.2. The van der Waals surface area contributed by atoms with Gasteiger partial charge < -0.3 is 15.4 Å². The molecule has 2 aromatic carbocycles. The molecule has 8 nitrogen and oxygen atoms in total. The van der Waals surface area contributed by atoms with Crippen LogP contribution >= 0.6 is 0 Å². The molecule has 0 aromatic heterocycles. The zero-order valence-corrected chi connectivity index (χ0v) is 12.2. The van der Waals surface area contributed by atoms with E-state index in [1.54, 1.807) is 48.5 Å². The van der Waals surface area contributed by atoms with E-state index in [4.69, 9.17) is 9.68 Å². The number of carbonyl (C=O) groups is 2. The molecule has 0 spiro atoms. The summed E-state index contributed by atoms with van der Waals surface area (Å²) in [6.07, 6.45) is 0. The number of carbonyl (C=O) groups excluding carboxylic acids is 2. The summed E-state index contributed by atoms with van der Waals surface area (Å²) < 4.78 is 1.25. The number of benzene rings is 2. The quantitative estimate of drug-likeness (QED) is 0.627. The molecule has 0 atom stereocenters. The second-order valence-corrected chi connectivity index (χ2v) is 4.91. The molecule has 118 valence electrons. The topological polar surface area (TPSA) is 85.3 Å². The minimum atomic E-state index is -0.760. The largest absolute Gasteiger partial charge is 0.539 e. The Balaban J connectivity index is 1.87. The van der Waals surface area contributed by atoms with Crippen LogP contribution in [-0.4, -0.2) is 16.6 Å². The Bertz CT molecular complexity index is 877. The first-order chi connectivity index (χ1) is 11.8. The molecule has 1 saturated heterocycles. The van der Waals surface area contributed by atoms with E-state index in [2.05, 4.69) is 10.9 Å². The van der Waals surface area contributed by atoms with Crippen LogP contribution in [0.2, 0.25) is 0 Å². The van der Waals surface area contributed by atoms with Crippen molar-refractivity contribution in [3.05, 3.63) is 77.6 Å². The summed E-state index contributed by atoms with van der Waals surface area (Å²) in [5.41, 5.74) is 4.74. The minimum absolute atomic E-state index is 0.0590. The van der Waals surface area contributed by atoms with Crippen LogP contribution in [0.5, 0.6) is 0 Å². The lowest BCUT2D eigenvalue weighted by Crippen LogP contribution is -2.21. The normalized spacial score (nSPS) is 20.0. The van der Waals surface area contributed by atoms with Crippen LogP contribution in [0.3, 0.4) is 0 Å². The van der Waals surface area contributed by atoms with E-state index < -0.39 is 11.9 Å². The SMILES string of the molecule is O=C1O[N-]N(c2ccccc2)C1=C1C(=O)ON=[N+]1c1ccccc1. The summed E-state index contributed by atoms with van der Waals surface area (Å²) in [7, 11) is 0. The van der Waals surface area contributed by atoms with Crippen molar-refractivity contribution in [1.29, 1.82) is 0 Å². The van der Waals surface area contributed by atoms with Gasteiger partial charge in [0.05, 0.1) is 0 Å². The second-order valence-electron chi connectivity index (χ2n) is 4.91. The molecule has 8 heteroatoms. The molecule has 0 radical (unpaired) electrons. The Morgan fingerprint density at radius 3 is 2.29 bits per heavy atom.